The standard InChI is InChI=1S/C11H16O2/c1-8-4-5-10(7-9(2)12)11(6-8)13-3/h4-6,9,12H,7H2,1-3H3/t9-/m0/s1. The maximum atomic E-state index is 9.24. The molecule has 1 aromatic carbocycles. The summed E-state index contributed by atoms with van der Waals surface area (Å²) < 4.78 is 5.22. The van der Waals surface area contributed by atoms with E-state index in [0.717, 1.165) is 11.3 Å². The molecule has 0 fully saturated rings. The summed E-state index contributed by atoms with van der Waals surface area (Å²) in [5.41, 5.74) is 2.23. The molecule has 0 aliphatic rings. The molecule has 0 saturated carbocycles. The fourth-order valence-electron chi connectivity index (χ4n) is 1.34. The molecular weight excluding hydrogens is 164 g/mol. The Bertz CT molecular complexity index is 279. The van der Waals surface area contributed by atoms with Gasteiger partial charge in [0, 0.05) is 6.42 Å². The molecular formula is C11H16O2. The minimum absolute atomic E-state index is 0.323. The summed E-state index contributed by atoms with van der Waals surface area (Å²) in [5.74, 6) is 0.862. The van der Waals surface area contributed by atoms with Crippen molar-refractivity contribution in [2.45, 2.75) is 26.4 Å². The molecule has 0 aliphatic carbocycles. The van der Waals surface area contributed by atoms with Gasteiger partial charge < -0.3 is 9.84 Å². The van der Waals surface area contributed by atoms with Crippen LogP contribution in [0.25, 0.3) is 0 Å². The number of aliphatic hydroxyl groups is 1. The van der Waals surface area contributed by atoms with Crippen molar-refractivity contribution in [2.75, 3.05) is 7.11 Å². The van der Waals surface area contributed by atoms with Crippen LogP contribution in [0.15, 0.2) is 18.2 Å². The second kappa shape index (κ2) is 4.28. The summed E-state index contributed by atoms with van der Waals surface area (Å²) in [6, 6.07) is 6.01. The van der Waals surface area contributed by atoms with E-state index in [1.54, 1.807) is 14.0 Å². The third-order valence-corrected chi connectivity index (χ3v) is 1.96. The highest BCUT2D eigenvalue weighted by Crippen LogP contribution is 2.21. The number of methoxy groups -OCH3 is 1. The zero-order valence-corrected chi connectivity index (χ0v) is 8.37. The van der Waals surface area contributed by atoms with E-state index in [1.165, 1.54) is 5.56 Å². The number of aliphatic hydroxyl groups excluding tert-OH is 1. The molecule has 0 bridgehead atoms. The van der Waals surface area contributed by atoms with Gasteiger partial charge in [0.05, 0.1) is 13.2 Å². The van der Waals surface area contributed by atoms with Crippen molar-refractivity contribution in [3.05, 3.63) is 29.3 Å². The lowest BCUT2D eigenvalue weighted by Crippen LogP contribution is -2.05. The molecule has 0 aromatic heterocycles. The molecule has 0 spiro atoms. The van der Waals surface area contributed by atoms with Crippen LogP contribution >= 0.6 is 0 Å². The molecule has 1 atom stereocenters. The van der Waals surface area contributed by atoms with Crippen LogP contribution in [-0.2, 0) is 6.42 Å². The number of ether oxygens (including phenoxy) is 1. The number of benzene rings is 1. The van der Waals surface area contributed by atoms with Crippen molar-refractivity contribution >= 4 is 0 Å². The van der Waals surface area contributed by atoms with E-state index in [9.17, 15) is 5.11 Å². The first-order valence-electron chi connectivity index (χ1n) is 4.45. The molecule has 1 aromatic rings. The normalized spacial score (nSPS) is 12.6. The van der Waals surface area contributed by atoms with Crippen LogP contribution in [0, 0.1) is 6.92 Å². The van der Waals surface area contributed by atoms with Crippen LogP contribution < -0.4 is 4.74 Å². The minimum atomic E-state index is -0.323. The van der Waals surface area contributed by atoms with E-state index in [-0.39, 0.29) is 6.10 Å². The third-order valence-electron chi connectivity index (χ3n) is 1.96. The highest BCUT2D eigenvalue weighted by molar-refractivity contribution is 5.37. The molecule has 0 radical (unpaired) electrons. The molecule has 1 N–H and O–H groups in total. The minimum Gasteiger partial charge on any atom is -0.496 e. The molecule has 1 rings (SSSR count). The highest BCUT2D eigenvalue weighted by Gasteiger charge is 2.05. The molecule has 13 heavy (non-hydrogen) atoms. The Hall–Kier alpha value is -1.02. The van der Waals surface area contributed by atoms with Crippen LogP contribution in [0.4, 0.5) is 0 Å². The van der Waals surface area contributed by atoms with E-state index in [4.69, 9.17) is 4.74 Å². The number of rotatable bonds is 3. The Kier molecular flexibility index (Phi) is 3.32. The summed E-state index contributed by atoms with van der Waals surface area (Å²) in [7, 11) is 1.65. The van der Waals surface area contributed by atoms with Crippen LogP contribution in [0.1, 0.15) is 18.1 Å². The highest BCUT2D eigenvalue weighted by atomic mass is 16.5. The first-order valence-corrected chi connectivity index (χ1v) is 4.45. The largest absolute Gasteiger partial charge is 0.496 e. The van der Waals surface area contributed by atoms with Gasteiger partial charge >= 0.3 is 0 Å². The van der Waals surface area contributed by atoms with Crippen molar-refractivity contribution in [2.24, 2.45) is 0 Å². The molecule has 2 heteroatoms. The smallest absolute Gasteiger partial charge is 0.122 e. The van der Waals surface area contributed by atoms with Gasteiger partial charge in [-0.2, -0.15) is 0 Å². The SMILES string of the molecule is COc1cc(C)ccc1C[C@H](C)O. The Morgan fingerprint density at radius 3 is 2.69 bits per heavy atom. The maximum Gasteiger partial charge on any atom is 0.122 e. The van der Waals surface area contributed by atoms with Crippen LogP contribution in [0.3, 0.4) is 0 Å². The first kappa shape index (κ1) is 10.1. The van der Waals surface area contributed by atoms with Gasteiger partial charge in [0.25, 0.3) is 0 Å². The molecule has 2 nitrogen and oxygen atoms in total. The van der Waals surface area contributed by atoms with E-state index in [0.29, 0.717) is 6.42 Å². The zero-order chi connectivity index (χ0) is 9.84. The Morgan fingerprint density at radius 1 is 1.46 bits per heavy atom. The summed E-state index contributed by atoms with van der Waals surface area (Å²) in [6.07, 6.45) is 0.320. The Balaban J connectivity index is 2.92. The maximum absolute atomic E-state index is 9.24. The van der Waals surface area contributed by atoms with Gasteiger partial charge in [0.1, 0.15) is 5.75 Å². The van der Waals surface area contributed by atoms with E-state index in [1.807, 2.05) is 25.1 Å². The average Bonchev–Trinajstić information content (AvgIpc) is 2.07. The summed E-state index contributed by atoms with van der Waals surface area (Å²) >= 11 is 0. The lowest BCUT2D eigenvalue weighted by atomic mass is 10.1. The predicted molar refractivity (Wildman–Crippen MR) is 53.1 cm³/mol. The molecule has 0 amide bonds. The molecule has 0 saturated heterocycles. The monoisotopic (exact) mass is 180 g/mol. The molecule has 72 valence electrons. The zero-order valence-electron chi connectivity index (χ0n) is 8.37. The Labute approximate surface area is 79.2 Å². The lowest BCUT2D eigenvalue weighted by Gasteiger charge is -2.10. The summed E-state index contributed by atoms with van der Waals surface area (Å²) in [4.78, 5) is 0. The van der Waals surface area contributed by atoms with Crippen molar-refractivity contribution in [3.63, 3.8) is 0 Å². The summed E-state index contributed by atoms with van der Waals surface area (Å²) in [5, 5.41) is 9.24. The van der Waals surface area contributed by atoms with Gasteiger partial charge in [-0.1, -0.05) is 12.1 Å². The quantitative estimate of drug-likeness (QED) is 0.770. The average molecular weight is 180 g/mol. The van der Waals surface area contributed by atoms with Gasteiger partial charge in [-0.25, -0.2) is 0 Å². The summed E-state index contributed by atoms with van der Waals surface area (Å²) in [6.45, 7) is 3.80. The number of hydrogen-bond acceptors (Lipinski definition) is 2. The van der Waals surface area contributed by atoms with Crippen molar-refractivity contribution in [1.29, 1.82) is 0 Å². The van der Waals surface area contributed by atoms with Gasteiger partial charge in [0.15, 0.2) is 0 Å². The van der Waals surface area contributed by atoms with Crippen molar-refractivity contribution in [1.82, 2.24) is 0 Å². The van der Waals surface area contributed by atoms with Gasteiger partial charge in [-0.05, 0) is 31.0 Å². The van der Waals surface area contributed by atoms with E-state index >= 15 is 0 Å². The Morgan fingerprint density at radius 2 is 2.15 bits per heavy atom. The molecule has 0 unspecified atom stereocenters. The van der Waals surface area contributed by atoms with Crippen molar-refractivity contribution in [3.8, 4) is 5.75 Å². The number of hydrogen-bond donors (Lipinski definition) is 1. The third kappa shape index (κ3) is 2.74. The van der Waals surface area contributed by atoms with Gasteiger partial charge in [-0.3, -0.25) is 0 Å². The lowest BCUT2D eigenvalue weighted by molar-refractivity contribution is 0.194. The van der Waals surface area contributed by atoms with Crippen molar-refractivity contribution < 1.29 is 9.84 Å². The second-order valence-electron chi connectivity index (χ2n) is 3.37. The van der Waals surface area contributed by atoms with Gasteiger partial charge in [-0.15, -0.1) is 0 Å². The fraction of sp³-hybridized carbons (Fsp3) is 0.455. The van der Waals surface area contributed by atoms with E-state index in [2.05, 4.69) is 0 Å². The van der Waals surface area contributed by atoms with Crippen LogP contribution in [0.5, 0.6) is 5.75 Å². The topological polar surface area (TPSA) is 29.5 Å². The molecule has 0 heterocycles. The van der Waals surface area contributed by atoms with Crippen LogP contribution in [0.2, 0.25) is 0 Å². The van der Waals surface area contributed by atoms with E-state index < -0.39 is 0 Å². The van der Waals surface area contributed by atoms with Gasteiger partial charge in [0.2, 0.25) is 0 Å². The first-order chi connectivity index (χ1) is 6.13. The molecule has 0 aliphatic heterocycles. The predicted octanol–water partition coefficient (Wildman–Crippen LogP) is 1.93. The number of aryl methyl sites for hydroxylation is 1. The fourth-order valence-corrected chi connectivity index (χ4v) is 1.34. The van der Waals surface area contributed by atoms with Crippen LogP contribution in [-0.4, -0.2) is 18.3 Å². The second-order valence-corrected chi connectivity index (χ2v) is 3.37.